The van der Waals surface area contributed by atoms with Gasteiger partial charge in [-0.3, -0.25) is 24.6 Å². The maximum absolute atomic E-state index is 13.0. The van der Waals surface area contributed by atoms with Crippen molar-refractivity contribution in [2.45, 2.75) is 31.8 Å². The number of amides is 2. The highest BCUT2D eigenvalue weighted by Gasteiger charge is 2.67. The minimum atomic E-state index is -1.19. The van der Waals surface area contributed by atoms with Gasteiger partial charge in [0.25, 0.3) is 0 Å². The van der Waals surface area contributed by atoms with E-state index in [2.05, 4.69) is 5.32 Å². The molecule has 7 nitrogen and oxygen atoms in total. The number of benzene rings is 1. The molecule has 0 aromatic heterocycles. The van der Waals surface area contributed by atoms with Crippen LogP contribution in [0.25, 0.3) is 0 Å². The zero-order valence-corrected chi connectivity index (χ0v) is 16.5. The summed E-state index contributed by atoms with van der Waals surface area (Å²) >= 11 is 0. The van der Waals surface area contributed by atoms with Crippen LogP contribution < -0.4 is 10.2 Å². The molecule has 1 N–H and O–H groups in total. The SMILES string of the molecule is CCN1C(=O)[C@@H]2[C@H](c3ccc(N(C)C)cc3)N[C@](CC)(C(=O)OC)[C@H]2C1=O. The summed E-state index contributed by atoms with van der Waals surface area (Å²) in [5.74, 6) is -2.37. The molecule has 4 atom stereocenters. The second-order valence-corrected chi connectivity index (χ2v) is 7.35. The van der Waals surface area contributed by atoms with Gasteiger partial charge >= 0.3 is 5.97 Å². The Morgan fingerprint density at radius 1 is 1.19 bits per heavy atom. The summed E-state index contributed by atoms with van der Waals surface area (Å²) in [6.07, 6.45) is 0.365. The van der Waals surface area contributed by atoms with E-state index in [0.717, 1.165) is 11.3 Å². The maximum atomic E-state index is 13.0. The Bertz CT molecular complexity index is 761. The molecule has 7 heteroatoms. The summed E-state index contributed by atoms with van der Waals surface area (Å²) in [6, 6.07) is 7.40. The molecule has 27 heavy (non-hydrogen) atoms. The molecule has 2 saturated heterocycles. The van der Waals surface area contributed by atoms with Gasteiger partial charge in [-0.1, -0.05) is 19.1 Å². The van der Waals surface area contributed by atoms with E-state index in [-0.39, 0.29) is 11.8 Å². The topological polar surface area (TPSA) is 79.0 Å². The highest BCUT2D eigenvalue weighted by Crippen LogP contribution is 2.50. The minimum Gasteiger partial charge on any atom is -0.468 e. The van der Waals surface area contributed by atoms with Crippen molar-refractivity contribution in [2.24, 2.45) is 11.8 Å². The third kappa shape index (κ3) is 2.72. The maximum Gasteiger partial charge on any atom is 0.326 e. The van der Waals surface area contributed by atoms with E-state index in [0.29, 0.717) is 13.0 Å². The van der Waals surface area contributed by atoms with Crippen LogP contribution in [0, 0.1) is 11.8 Å². The summed E-state index contributed by atoms with van der Waals surface area (Å²) in [7, 11) is 5.22. The average molecular weight is 373 g/mol. The molecule has 3 rings (SSSR count). The van der Waals surface area contributed by atoms with Crippen LogP contribution in [-0.4, -0.2) is 56.0 Å². The molecular weight excluding hydrogens is 346 g/mol. The highest BCUT2D eigenvalue weighted by molar-refractivity contribution is 6.09. The second-order valence-electron chi connectivity index (χ2n) is 7.35. The molecule has 0 bridgehead atoms. The van der Waals surface area contributed by atoms with Gasteiger partial charge in [0.05, 0.1) is 18.9 Å². The Morgan fingerprint density at radius 2 is 1.81 bits per heavy atom. The van der Waals surface area contributed by atoms with Crippen LogP contribution in [0.5, 0.6) is 0 Å². The molecule has 2 aliphatic heterocycles. The van der Waals surface area contributed by atoms with Crippen molar-refractivity contribution in [3.8, 4) is 0 Å². The number of carbonyl (C=O) groups is 3. The lowest BCUT2D eigenvalue weighted by Gasteiger charge is -2.31. The number of nitrogens with one attached hydrogen (secondary N) is 1. The van der Waals surface area contributed by atoms with Crippen molar-refractivity contribution in [1.29, 1.82) is 0 Å². The Morgan fingerprint density at radius 3 is 2.30 bits per heavy atom. The molecule has 146 valence electrons. The molecule has 2 heterocycles. The minimum absolute atomic E-state index is 0.221. The van der Waals surface area contributed by atoms with Crippen LogP contribution in [0.3, 0.4) is 0 Å². The van der Waals surface area contributed by atoms with Gasteiger partial charge in [-0.05, 0) is 31.0 Å². The van der Waals surface area contributed by atoms with Gasteiger partial charge < -0.3 is 9.64 Å². The molecule has 0 spiro atoms. The van der Waals surface area contributed by atoms with Crippen molar-refractivity contribution in [1.82, 2.24) is 10.2 Å². The van der Waals surface area contributed by atoms with Crippen molar-refractivity contribution in [2.75, 3.05) is 32.6 Å². The van der Waals surface area contributed by atoms with Crippen molar-refractivity contribution >= 4 is 23.5 Å². The van der Waals surface area contributed by atoms with E-state index in [1.54, 1.807) is 6.92 Å². The standard InChI is InChI=1S/C20H27N3O4/c1-6-20(19(26)27-5)15-14(17(24)23(7-2)18(15)25)16(21-20)12-8-10-13(11-9-12)22(3)4/h8-11,14-16,21H,6-7H2,1-5H3/t14-,15+,16-,20-/m0/s1. The predicted molar refractivity (Wildman–Crippen MR) is 101 cm³/mol. The Balaban J connectivity index is 2.09. The van der Waals surface area contributed by atoms with E-state index in [1.807, 2.05) is 50.2 Å². The zero-order chi connectivity index (χ0) is 19.9. The lowest BCUT2D eigenvalue weighted by Crippen LogP contribution is -2.55. The first-order valence-electron chi connectivity index (χ1n) is 9.31. The van der Waals surface area contributed by atoms with Crippen molar-refractivity contribution in [3.05, 3.63) is 29.8 Å². The van der Waals surface area contributed by atoms with Crippen molar-refractivity contribution < 1.29 is 19.1 Å². The van der Waals surface area contributed by atoms with Crippen LogP contribution in [0.1, 0.15) is 31.9 Å². The normalized spacial score (nSPS) is 29.8. The molecule has 0 unspecified atom stereocenters. The Kier molecular flexibility index (Phi) is 4.99. The molecule has 0 radical (unpaired) electrons. The van der Waals surface area contributed by atoms with Crippen molar-refractivity contribution in [3.63, 3.8) is 0 Å². The van der Waals surface area contributed by atoms with Crippen LogP contribution >= 0.6 is 0 Å². The number of anilines is 1. The molecule has 0 aliphatic carbocycles. The summed E-state index contributed by atoms with van der Waals surface area (Å²) in [5, 5.41) is 3.32. The van der Waals surface area contributed by atoms with Gasteiger partial charge in [-0.25, -0.2) is 0 Å². The highest BCUT2D eigenvalue weighted by atomic mass is 16.5. The predicted octanol–water partition coefficient (Wildman–Crippen LogP) is 1.34. The van der Waals surface area contributed by atoms with Gasteiger partial charge in [-0.15, -0.1) is 0 Å². The van der Waals surface area contributed by atoms with E-state index in [4.69, 9.17) is 4.74 Å². The van der Waals surface area contributed by atoms with Gasteiger partial charge in [0, 0.05) is 32.4 Å². The second kappa shape index (κ2) is 6.96. The largest absolute Gasteiger partial charge is 0.468 e. The number of nitrogens with zero attached hydrogens (tertiary/aromatic N) is 2. The summed E-state index contributed by atoms with van der Waals surface area (Å²) in [4.78, 5) is 42.0. The lowest BCUT2D eigenvalue weighted by atomic mass is 9.78. The number of fused-ring (bicyclic) bond motifs is 1. The first-order valence-corrected chi connectivity index (χ1v) is 9.31. The van der Waals surface area contributed by atoms with E-state index in [1.165, 1.54) is 12.0 Å². The molecule has 1 aromatic rings. The Labute approximate surface area is 159 Å². The number of ether oxygens (including phenoxy) is 1. The molecule has 2 amide bonds. The van der Waals surface area contributed by atoms with Gasteiger partial charge in [0.2, 0.25) is 11.8 Å². The monoisotopic (exact) mass is 373 g/mol. The van der Waals surface area contributed by atoms with Crippen LogP contribution in [0.4, 0.5) is 5.69 Å². The van der Waals surface area contributed by atoms with E-state index >= 15 is 0 Å². The molecule has 1 aromatic carbocycles. The quantitative estimate of drug-likeness (QED) is 0.620. The third-order valence-corrected chi connectivity index (χ3v) is 5.94. The first kappa shape index (κ1) is 19.4. The fourth-order valence-electron chi connectivity index (χ4n) is 4.48. The van der Waals surface area contributed by atoms with E-state index < -0.39 is 29.4 Å². The number of rotatable bonds is 5. The summed E-state index contributed by atoms with van der Waals surface area (Å²) in [6.45, 7) is 3.92. The number of methoxy groups -OCH3 is 1. The van der Waals surface area contributed by atoms with Gasteiger partial charge in [0.1, 0.15) is 5.54 Å². The average Bonchev–Trinajstić information content (AvgIpc) is 3.15. The fraction of sp³-hybridized carbons (Fsp3) is 0.550. The molecular formula is C20H27N3O4. The van der Waals surface area contributed by atoms with Gasteiger partial charge in [0.15, 0.2) is 0 Å². The van der Waals surface area contributed by atoms with Crippen LogP contribution in [-0.2, 0) is 19.1 Å². The van der Waals surface area contributed by atoms with Crippen LogP contribution in [0.2, 0.25) is 0 Å². The number of likely N-dealkylation sites (tertiary alicyclic amines) is 1. The molecule has 2 aliphatic rings. The number of hydrogen-bond donors (Lipinski definition) is 1. The smallest absolute Gasteiger partial charge is 0.326 e. The number of imide groups is 1. The first-order chi connectivity index (χ1) is 12.8. The Hall–Kier alpha value is -2.41. The van der Waals surface area contributed by atoms with E-state index in [9.17, 15) is 14.4 Å². The number of esters is 1. The number of hydrogen-bond acceptors (Lipinski definition) is 6. The number of carbonyl (C=O) groups excluding carboxylic acids is 3. The zero-order valence-electron chi connectivity index (χ0n) is 16.5. The molecule has 2 fully saturated rings. The summed E-state index contributed by atoms with van der Waals surface area (Å²) < 4.78 is 5.03. The lowest BCUT2D eigenvalue weighted by molar-refractivity contribution is -0.154. The fourth-order valence-corrected chi connectivity index (χ4v) is 4.48. The molecule has 0 saturated carbocycles. The summed E-state index contributed by atoms with van der Waals surface area (Å²) in [5.41, 5.74) is 0.724. The third-order valence-electron chi connectivity index (χ3n) is 5.94. The van der Waals surface area contributed by atoms with Crippen LogP contribution in [0.15, 0.2) is 24.3 Å². The van der Waals surface area contributed by atoms with Gasteiger partial charge in [-0.2, -0.15) is 0 Å².